The maximum atomic E-state index is 4.54. The van der Waals surface area contributed by atoms with E-state index in [1.54, 1.807) is 6.20 Å². The normalized spacial score (nSPS) is 16.6. The Morgan fingerprint density at radius 3 is 2.82 bits per heavy atom. The Balaban J connectivity index is 1.70. The van der Waals surface area contributed by atoms with Crippen LogP contribution in [-0.4, -0.2) is 48.6 Å². The molecule has 1 atom stereocenters. The number of hydrogen-bond donors (Lipinski definition) is 1. The summed E-state index contributed by atoms with van der Waals surface area (Å²) in [6.07, 6.45) is 4.41. The molecule has 118 valence electrons. The molecule has 0 saturated carbocycles. The number of anilines is 2. The molecule has 1 fully saturated rings. The van der Waals surface area contributed by atoms with Crippen molar-refractivity contribution in [3.8, 4) is 0 Å². The van der Waals surface area contributed by atoms with E-state index in [2.05, 4.69) is 37.7 Å². The highest BCUT2D eigenvalue weighted by molar-refractivity contribution is 7.10. The zero-order valence-corrected chi connectivity index (χ0v) is 14.0. The Kier molecular flexibility index (Phi) is 4.90. The molecule has 2 aromatic rings. The predicted octanol–water partition coefficient (Wildman–Crippen LogP) is 2.85. The van der Waals surface area contributed by atoms with E-state index in [1.807, 2.05) is 36.4 Å². The zero-order chi connectivity index (χ0) is 15.4. The zero-order valence-electron chi connectivity index (χ0n) is 13.2. The lowest BCUT2D eigenvalue weighted by Gasteiger charge is -2.27. The summed E-state index contributed by atoms with van der Waals surface area (Å²) >= 11 is 1.83. The fourth-order valence-corrected chi connectivity index (χ4v) is 3.68. The molecule has 0 aliphatic carbocycles. The molecule has 1 aliphatic rings. The standard InChI is InChI=1S/C16H23N5S/c1-20(2)15-7-8-17-16(19-15)18-12-13(14-6-5-11-22-14)21-9-3-4-10-21/h5-8,11,13H,3-4,9-10,12H2,1-2H3,(H,17,18,19). The molecule has 0 radical (unpaired) electrons. The van der Waals surface area contributed by atoms with Crippen molar-refractivity contribution >= 4 is 23.1 Å². The largest absolute Gasteiger partial charge is 0.363 e. The SMILES string of the molecule is CN(C)c1ccnc(NCC(c2cccs2)N2CCCC2)n1. The van der Waals surface area contributed by atoms with Crippen molar-refractivity contribution in [3.05, 3.63) is 34.7 Å². The van der Waals surface area contributed by atoms with Crippen LogP contribution in [0.3, 0.4) is 0 Å². The molecule has 0 bridgehead atoms. The third-order valence-corrected chi connectivity index (χ3v) is 4.98. The summed E-state index contributed by atoms with van der Waals surface area (Å²) in [4.78, 5) is 14.8. The molecule has 2 aromatic heterocycles. The molecule has 3 rings (SSSR count). The minimum atomic E-state index is 0.411. The van der Waals surface area contributed by atoms with Crippen molar-refractivity contribution < 1.29 is 0 Å². The van der Waals surface area contributed by atoms with Crippen molar-refractivity contribution in [2.45, 2.75) is 18.9 Å². The molecule has 1 unspecified atom stereocenters. The highest BCUT2D eigenvalue weighted by Crippen LogP contribution is 2.28. The van der Waals surface area contributed by atoms with Crippen LogP contribution in [0.25, 0.3) is 0 Å². The Bertz CT molecular complexity index is 578. The number of rotatable bonds is 6. The fraction of sp³-hybridized carbons (Fsp3) is 0.500. The van der Waals surface area contributed by atoms with E-state index >= 15 is 0 Å². The highest BCUT2D eigenvalue weighted by Gasteiger charge is 2.24. The van der Waals surface area contributed by atoms with Gasteiger partial charge in [-0.3, -0.25) is 4.90 Å². The second-order valence-electron chi connectivity index (χ2n) is 5.79. The molecule has 1 saturated heterocycles. The monoisotopic (exact) mass is 317 g/mol. The summed E-state index contributed by atoms with van der Waals surface area (Å²) in [5.41, 5.74) is 0. The number of nitrogens with zero attached hydrogens (tertiary/aromatic N) is 4. The minimum absolute atomic E-state index is 0.411. The summed E-state index contributed by atoms with van der Waals surface area (Å²) < 4.78 is 0. The van der Waals surface area contributed by atoms with Gasteiger partial charge >= 0.3 is 0 Å². The van der Waals surface area contributed by atoms with Gasteiger partial charge in [-0.05, 0) is 43.4 Å². The topological polar surface area (TPSA) is 44.3 Å². The number of aromatic nitrogens is 2. The van der Waals surface area contributed by atoms with Crippen LogP contribution in [0.1, 0.15) is 23.8 Å². The summed E-state index contributed by atoms with van der Waals surface area (Å²) in [5.74, 6) is 1.62. The quantitative estimate of drug-likeness (QED) is 0.887. The lowest BCUT2D eigenvalue weighted by Crippen LogP contribution is -2.30. The molecule has 22 heavy (non-hydrogen) atoms. The molecular formula is C16H23N5S. The Labute approximate surface area is 136 Å². The third-order valence-electron chi connectivity index (χ3n) is 4.01. The lowest BCUT2D eigenvalue weighted by atomic mass is 10.2. The van der Waals surface area contributed by atoms with Gasteiger partial charge in [0.2, 0.25) is 5.95 Å². The molecule has 5 nitrogen and oxygen atoms in total. The second kappa shape index (κ2) is 7.07. The van der Waals surface area contributed by atoms with Crippen molar-refractivity contribution in [1.82, 2.24) is 14.9 Å². The maximum Gasteiger partial charge on any atom is 0.224 e. The van der Waals surface area contributed by atoms with Gasteiger partial charge in [0, 0.05) is 31.7 Å². The summed E-state index contributed by atoms with van der Waals surface area (Å²) in [5, 5.41) is 5.58. The number of thiophene rings is 1. The van der Waals surface area contributed by atoms with Crippen molar-refractivity contribution in [2.75, 3.05) is 43.9 Å². The molecule has 1 N–H and O–H groups in total. The summed E-state index contributed by atoms with van der Waals surface area (Å²) in [7, 11) is 3.98. The van der Waals surface area contributed by atoms with Crippen LogP contribution in [0.15, 0.2) is 29.8 Å². The van der Waals surface area contributed by atoms with Crippen LogP contribution < -0.4 is 10.2 Å². The van der Waals surface area contributed by atoms with Gasteiger partial charge in [0.05, 0.1) is 6.04 Å². The van der Waals surface area contributed by atoms with E-state index in [9.17, 15) is 0 Å². The highest BCUT2D eigenvalue weighted by atomic mass is 32.1. The molecular weight excluding hydrogens is 294 g/mol. The Morgan fingerprint density at radius 1 is 1.32 bits per heavy atom. The molecule has 0 aromatic carbocycles. The molecule has 3 heterocycles. The van der Waals surface area contributed by atoms with Gasteiger partial charge in [0.15, 0.2) is 0 Å². The van der Waals surface area contributed by atoms with Crippen LogP contribution in [0.4, 0.5) is 11.8 Å². The molecule has 0 amide bonds. The van der Waals surface area contributed by atoms with E-state index in [4.69, 9.17) is 0 Å². The van der Waals surface area contributed by atoms with Crippen LogP contribution in [0, 0.1) is 0 Å². The number of hydrogen-bond acceptors (Lipinski definition) is 6. The van der Waals surface area contributed by atoms with Crippen LogP contribution in [0.2, 0.25) is 0 Å². The maximum absolute atomic E-state index is 4.54. The second-order valence-corrected chi connectivity index (χ2v) is 6.77. The molecule has 0 spiro atoms. The summed E-state index contributed by atoms with van der Waals surface area (Å²) in [6, 6.07) is 6.69. The van der Waals surface area contributed by atoms with Crippen LogP contribution >= 0.6 is 11.3 Å². The van der Waals surface area contributed by atoms with Gasteiger partial charge in [-0.25, -0.2) is 4.98 Å². The first-order chi connectivity index (χ1) is 10.7. The van der Waals surface area contributed by atoms with Gasteiger partial charge in [0.25, 0.3) is 0 Å². The van der Waals surface area contributed by atoms with Crippen molar-refractivity contribution in [2.24, 2.45) is 0 Å². The number of nitrogens with one attached hydrogen (secondary N) is 1. The van der Waals surface area contributed by atoms with E-state index in [0.717, 1.165) is 12.4 Å². The van der Waals surface area contributed by atoms with Gasteiger partial charge in [-0.1, -0.05) is 6.07 Å². The van der Waals surface area contributed by atoms with Gasteiger partial charge in [-0.15, -0.1) is 11.3 Å². The number of likely N-dealkylation sites (tertiary alicyclic amines) is 1. The van der Waals surface area contributed by atoms with E-state index in [0.29, 0.717) is 12.0 Å². The Hall–Kier alpha value is -1.66. The lowest BCUT2D eigenvalue weighted by molar-refractivity contribution is 0.259. The predicted molar refractivity (Wildman–Crippen MR) is 92.7 cm³/mol. The average Bonchev–Trinajstić information content (AvgIpc) is 3.21. The Morgan fingerprint density at radius 2 is 2.14 bits per heavy atom. The summed E-state index contributed by atoms with van der Waals surface area (Å²) in [6.45, 7) is 3.21. The van der Waals surface area contributed by atoms with Gasteiger partial charge in [0.1, 0.15) is 5.82 Å². The fourth-order valence-electron chi connectivity index (χ4n) is 2.82. The first-order valence-electron chi connectivity index (χ1n) is 7.76. The smallest absolute Gasteiger partial charge is 0.224 e. The van der Waals surface area contributed by atoms with Gasteiger partial charge in [-0.2, -0.15) is 4.98 Å². The first-order valence-corrected chi connectivity index (χ1v) is 8.64. The van der Waals surface area contributed by atoms with Crippen molar-refractivity contribution in [3.63, 3.8) is 0 Å². The van der Waals surface area contributed by atoms with Gasteiger partial charge < -0.3 is 10.2 Å². The van der Waals surface area contributed by atoms with E-state index in [-0.39, 0.29) is 0 Å². The minimum Gasteiger partial charge on any atom is -0.363 e. The molecule has 1 aliphatic heterocycles. The third kappa shape index (κ3) is 3.56. The van der Waals surface area contributed by atoms with Crippen molar-refractivity contribution in [1.29, 1.82) is 0 Å². The van der Waals surface area contributed by atoms with E-state index < -0.39 is 0 Å². The van der Waals surface area contributed by atoms with Crippen LogP contribution in [0.5, 0.6) is 0 Å². The first kappa shape index (κ1) is 15.2. The van der Waals surface area contributed by atoms with E-state index in [1.165, 1.54) is 30.8 Å². The molecule has 6 heteroatoms. The average molecular weight is 317 g/mol. The van der Waals surface area contributed by atoms with Crippen LogP contribution in [-0.2, 0) is 0 Å².